The molecule has 0 fully saturated rings. The van der Waals surface area contributed by atoms with Gasteiger partial charge in [-0.1, -0.05) is 50.3 Å². The minimum atomic E-state index is -3.43. The molecule has 13 nitrogen and oxygen atoms in total. The molecule has 4 heterocycles. The van der Waals surface area contributed by atoms with Crippen molar-refractivity contribution < 1.29 is 18.6 Å². The number of nitrogens with zero attached hydrogens (tertiary/aromatic N) is 8. The topological polar surface area (TPSA) is 155 Å². The largest absolute Gasteiger partial charge is 0.472 e. The Morgan fingerprint density at radius 2 is 1.84 bits per heavy atom. The molecule has 2 aromatic carbocycles. The Bertz CT molecular complexity index is 2050. The van der Waals surface area contributed by atoms with Gasteiger partial charge in [0.1, 0.15) is 16.5 Å². The fraction of sp³-hybridized carbons (Fsp3) is 0.405. The van der Waals surface area contributed by atoms with Crippen molar-refractivity contribution >= 4 is 39.4 Å². The van der Waals surface area contributed by atoms with Gasteiger partial charge in [-0.25, -0.2) is 19.6 Å². The monoisotopic (exact) mass is 713 g/mol. The first-order chi connectivity index (χ1) is 24.3. The number of rotatable bonds is 10. The number of aryl methyl sites for hydroxylation is 3. The molecule has 14 heteroatoms. The Hall–Kier alpha value is -4.63. The molecule has 1 amide bonds. The predicted molar refractivity (Wildman–Crippen MR) is 200 cm³/mol. The summed E-state index contributed by atoms with van der Waals surface area (Å²) in [5.74, 6) is 0.147. The molecule has 0 radical (unpaired) electrons. The fourth-order valence-electron chi connectivity index (χ4n) is 6.69. The number of aromatic nitrogens is 6. The molecule has 0 saturated carbocycles. The van der Waals surface area contributed by atoms with Crippen molar-refractivity contribution in [1.82, 2.24) is 34.3 Å². The van der Waals surface area contributed by atoms with E-state index < -0.39 is 22.1 Å². The zero-order valence-electron chi connectivity index (χ0n) is 30.5. The number of carbonyl (C=O) groups excluding carboxylic acids is 1. The van der Waals surface area contributed by atoms with E-state index in [1.165, 1.54) is 0 Å². The van der Waals surface area contributed by atoms with Crippen LogP contribution in [0.5, 0.6) is 5.88 Å². The van der Waals surface area contributed by atoms with Crippen molar-refractivity contribution in [2.45, 2.75) is 78.0 Å². The van der Waals surface area contributed by atoms with E-state index in [4.69, 9.17) is 4.74 Å². The van der Waals surface area contributed by atoms with Gasteiger partial charge in [-0.2, -0.15) is 4.31 Å². The Labute approximate surface area is 300 Å². The number of ether oxygens (including phenoxy) is 1. The van der Waals surface area contributed by atoms with Gasteiger partial charge in [0, 0.05) is 39.3 Å². The van der Waals surface area contributed by atoms with Gasteiger partial charge >= 0.3 is 0 Å². The van der Waals surface area contributed by atoms with E-state index in [9.17, 15) is 13.9 Å². The summed E-state index contributed by atoms with van der Waals surface area (Å²) in [5.41, 5.74) is 5.87. The quantitative estimate of drug-likeness (QED) is 0.140. The number of hydrogen-bond donors (Lipinski definition) is 3. The molecule has 0 unspecified atom stereocenters. The average molecular weight is 714 g/mol. The van der Waals surface area contributed by atoms with Crippen LogP contribution in [0.1, 0.15) is 67.9 Å². The van der Waals surface area contributed by atoms with E-state index in [-0.39, 0.29) is 29.3 Å². The summed E-state index contributed by atoms with van der Waals surface area (Å²) in [5, 5.41) is 12.0. The molecule has 3 N–H and O–H groups in total. The van der Waals surface area contributed by atoms with Crippen LogP contribution in [-0.4, -0.2) is 76.0 Å². The predicted octanol–water partition coefficient (Wildman–Crippen LogP) is 6.81. The molecule has 270 valence electrons. The third kappa shape index (κ3) is 6.88. The molecule has 6 rings (SSSR count). The van der Waals surface area contributed by atoms with Crippen molar-refractivity contribution in [2.75, 3.05) is 30.9 Å². The van der Waals surface area contributed by atoms with E-state index in [2.05, 4.69) is 48.8 Å². The van der Waals surface area contributed by atoms with E-state index in [0.717, 1.165) is 38.9 Å². The van der Waals surface area contributed by atoms with Gasteiger partial charge in [0.15, 0.2) is 0 Å². The number of pyridine rings is 1. The van der Waals surface area contributed by atoms with Crippen molar-refractivity contribution in [1.29, 1.82) is 0 Å². The van der Waals surface area contributed by atoms with Gasteiger partial charge in [-0.3, -0.25) is 13.9 Å². The van der Waals surface area contributed by atoms with Gasteiger partial charge < -0.3 is 15.0 Å². The molecule has 3 aromatic heterocycles. The number of amides is 1. The van der Waals surface area contributed by atoms with Gasteiger partial charge in [-0.05, 0) is 73.2 Å². The zero-order chi connectivity index (χ0) is 36.7. The van der Waals surface area contributed by atoms with Crippen LogP contribution in [0, 0.1) is 19.3 Å². The maximum absolute atomic E-state index is 14.3. The first kappa shape index (κ1) is 36.2. The van der Waals surface area contributed by atoms with Crippen LogP contribution >= 0.6 is 10.8 Å². The van der Waals surface area contributed by atoms with Crippen LogP contribution in [0.4, 0.5) is 11.6 Å². The maximum Gasteiger partial charge on any atom is 0.239 e. The molecule has 0 saturated heterocycles. The molecular formula is C37H47N9O4S. The second-order valence-electron chi connectivity index (χ2n) is 13.8. The Kier molecular flexibility index (Phi) is 10.1. The second kappa shape index (κ2) is 14.2. The lowest BCUT2D eigenvalue weighted by Crippen LogP contribution is -2.37. The summed E-state index contributed by atoms with van der Waals surface area (Å²) in [6.07, 6.45) is 5.19. The van der Waals surface area contributed by atoms with Crippen molar-refractivity contribution in [2.24, 2.45) is 5.41 Å². The summed E-state index contributed by atoms with van der Waals surface area (Å²) in [4.78, 5) is 29.5. The van der Waals surface area contributed by atoms with E-state index in [0.29, 0.717) is 31.1 Å². The van der Waals surface area contributed by atoms with E-state index >= 15 is 0 Å². The summed E-state index contributed by atoms with van der Waals surface area (Å²) in [6.45, 7) is 13.2. The third-order valence-electron chi connectivity index (χ3n) is 9.78. The molecule has 2 atom stereocenters. The summed E-state index contributed by atoms with van der Waals surface area (Å²) < 4.78 is 33.1. The summed E-state index contributed by atoms with van der Waals surface area (Å²) >= 11 is 0. The Morgan fingerprint density at radius 1 is 1.10 bits per heavy atom. The summed E-state index contributed by atoms with van der Waals surface area (Å²) in [6, 6.07) is 13.6. The fourth-order valence-corrected chi connectivity index (χ4v) is 8.26. The zero-order valence-corrected chi connectivity index (χ0v) is 31.3. The highest BCUT2D eigenvalue weighted by Gasteiger charge is 2.41. The molecule has 1 aliphatic rings. The molecular weight excluding hydrogens is 667 g/mol. The second-order valence-corrected chi connectivity index (χ2v) is 15.8. The molecule has 0 spiro atoms. The molecule has 0 aliphatic carbocycles. The van der Waals surface area contributed by atoms with Crippen LogP contribution in [-0.2, 0) is 17.9 Å². The lowest BCUT2D eigenvalue weighted by Gasteiger charge is -2.42. The van der Waals surface area contributed by atoms with E-state index in [1.807, 2.05) is 72.5 Å². The number of fused-ring (bicyclic) bond motifs is 2. The number of nitrogens with one attached hydrogen (secondary N) is 1. The smallest absolute Gasteiger partial charge is 0.239 e. The number of anilines is 2. The molecule has 0 bridgehead atoms. The molecule has 5 aromatic rings. The van der Waals surface area contributed by atoms with Crippen LogP contribution in [0.3, 0.4) is 0 Å². The normalized spacial score (nSPS) is 17.3. The number of benzene rings is 2. The van der Waals surface area contributed by atoms with Crippen molar-refractivity contribution in [3.8, 4) is 5.88 Å². The summed E-state index contributed by atoms with van der Waals surface area (Å²) in [7, 11) is 0.286. The maximum atomic E-state index is 14.3. The van der Waals surface area contributed by atoms with Crippen molar-refractivity contribution in [3.05, 3.63) is 88.9 Å². The molecule has 51 heavy (non-hydrogen) atoms. The highest BCUT2D eigenvalue weighted by molar-refractivity contribution is 8.22. The lowest BCUT2D eigenvalue weighted by molar-refractivity contribution is -0.124. The van der Waals surface area contributed by atoms with Gasteiger partial charge in [0.05, 0.1) is 35.6 Å². The number of carbonyl (C=O) groups is 1. The highest BCUT2D eigenvalue weighted by Crippen LogP contribution is 2.57. The van der Waals surface area contributed by atoms with Crippen LogP contribution in [0.2, 0.25) is 0 Å². The highest BCUT2D eigenvalue weighted by atomic mass is 32.3. The van der Waals surface area contributed by atoms with Crippen LogP contribution < -0.4 is 15.0 Å². The standard InChI is InChI=1S/C37H47N9O4S/c1-9-28-22-45(51(48,49)31-12-11-17-38-34(31)50-28)21-26-18-25(14-13-23(26)3)32(29-15-16-30-33(24(29)4)42-43-46(30)10-2)37(5,6)35(47)41-27-19-39-36(40-20-27)44(7)8/h11-20,28,32,48-49H,9-10,21-22H2,1-8H3,(H,41,47)/t28-,32+/m1/s1. The van der Waals surface area contributed by atoms with Crippen LogP contribution in [0.15, 0.2) is 66.0 Å². The minimum Gasteiger partial charge on any atom is -0.472 e. The number of hydrogen-bond acceptors (Lipinski definition) is 11. The van der Waals surface area contributed by atoms with E-state index in [1.54, 1.807) is 39.9 Å². The van der Waals surface area contributed by atoms with Gasteiger partial charge in [0.25, 0.3) is 0 Å². The SMILES string of the molecule is CC[C@@H]1CN(Cc2cc([C@@H](c3ccc4c(nnn4CC)c3C)C(C)(C)C(=O)Nc3cnc(N(C)C)nc3)ccc2C)S(O)(O)c2cccnc2O1. The van der Waals surface area contributed by atoms with Crippen LogP contribution in [0.25, 0.3) is 11.0 Å². The Morgan fingerprint density at radius 3 is 2.53 bits per heavy atom. The van der Waals surface area contributed by atoms with Crippen molar-refractivity contribution in [3.63, 3.8) is 0 Å². The Balaban J connectivity index is 1.43. The third-order valence-corrected chi connectivity index (χ3v) is 11.7. The lowest BCUT2D eigenvalue weighted by atomic mass is 9.69. The first-order valence-electron chi connectivity index (χ1n) is 17.1. The molecule has 1 aliphatic heterocycles. The first-order valence-corrected chi connectivity index (χ1v) is 18.6. The van der Waals surface area contributed by atoms with Gasteiger partial charge in [-0.15, -0.1) is 15.9 Å². The average Bonchev–Trinajstić information content (AvgIpc) is 3.50. The minimum absolute atomic E-state index is 0.207. The van der Waals surface area contributed by atoms with Gasteiger partial charge in [0.2, 0.25) is 17.7 Å².